The van der Waals surface area contributed by atoms with Gasteiger partial charge in [-0.2, -0.15) is 20.4 Å². The molecule has 4 aliphatic heterocycles. The molecule has 0 saturated carbocycles. The highest BCUT2D eigenvalue weighted by Crippen LogP contribution is 2.49. The minimum absolute atomic E-state index is 0.0802. The Morgan fingerprint density at radius 3 is 1.00 bits per heavy atom. The van der Waals surface area contributed by atoms with E-state index in [0.717, 1.165) is 235 Å². The number of fused-ring (bicyclic) bond motifs is 28. The zero-order valence-electron chi connectivity index (χ0n) is 85.4. The van der Waals surface area contributed by atoms with Crippen LogP contribution in [0.3, 0.4) is 0 Å². The largest absolute Gasteiger partial charge is 0.383 e. The molecule has 21 aromatic rings. The first kappa shape index (κ1) is 95.9. The number of nitrogens with two attached hydrogens (primary N) is 4. The number of likely N-dealkylation sites (N-methyl/N-ethyl adjacent to an activating group) is 1. The summed E-state index contributed by atoms with van der Waals surface area (Å²) in [5, 5.41) is 37.1. The van der Waals surface area contributed by atoms with Crippen LogP contribution in [-0.4, -0.2) is 164 Å². The molecule has 0 unspecified atom stereocenters. The van der Waals surface area contributed by atoms with Gasteiger partial charge < -0.3 is 85.6 Å². The lowest BCUT2D eigenvalue weighted by molar-refractivity contribution is -0.129. The van der Waals surface area contributed by atoms with Gasteiger partial charge in [0.2, 0.25) is 5.91 Å². The number of para-hydroxylation sites is 1. The minimum Gasteiger partial charge on any atom is -0.383 e. The molecule has 12 N–H and O–H groups in total. The monoisotopic (exact) mass is 1990 g/mol. The molecule has 0 atom stereocenters. The second kappa shape index (κ2) is 38.6. The van der Waals surface area contributed by atoms with Crippen molar-refractivity contribution in [3.05, 3.63) is 246 Å². The van der Waals surface area contributed by atoms with E-state index in [4.69, 9.17) is 22.9 Å². The lowest BCUT2D eigenvalue weighted by Crippen LogP contribution is -2.26. The molecule has 38 nitrogen and oxygen atoms in total. The first-order valence-corrected chi connectivity index (χ1v) is 50.7. The Hall–Kier alpha value is -17.9. The van der Waals surface area contributed by atoms with Crippen molar-refractivity contribution >= 4 is 164 Å². The summed E-state index contributed by atoms with van der Waals surface area (Å²) in [6, 6.07) is 49.9. The number of benzene rings is 5. The lowest BCUT2D eigenvalue weighted by atomic mass is 10.1. The van der Waals surface area contributed by atoms with Gasteiger partial charge in [0.05, 0.1) is 50.0 Å². The zero-order valence-corrected chi connectivity index (χ0v) is 85.4. The topological polar surface area (TPSA) is 455 Å². The van der Waals surface area contributed by atoms with Crippen LogP contribution >= 0.6 is 0 Å². The molecule has 38 heteroatoms. The van der Waals surface area contributed by atoms with Gasteiger partial charge in [-0.15, -0.1) is 0 Å². The minimum atomic E-state index is -0.264. The highest BCUT2D eigenvalue weighted by Gasteiger charge is 2.35. The Morgan fingerprint density at radius 2 is 0.685 bits per heavy atom. The van der Waals surface area contributed by atoms with E-state index in [2.05, 4.69) is 205 Å². The normalized spacial score (nSPS) is 13.1. The number of rotatable bonds is 17. The molecule has 0 saturated heterocycles. The predicted molar refractivity (Wildman–Crippen MR) is 583 cm³/mol. The summed E-state index contributed by atoms with van der Waals surface area (Å²) in [7, 11) is 5.24. The van der Waals surface area contributed by atoms with Gasteiger partial charge in [0.1, 0.15) is 77.7 Å². The number of nitrogen functional groups attached to an aromatic ring is 4. The number of carbonyl (C=O) groups is 5. The smallest absolute Gasteiger partial charge is 0.256 e. The molecule has 0 bridgehead atoms. The van der Waals surface area contributed by atoms with Crippen molar-refractivity contribution in [3.63, 3.8) is 0 Å². The van der Waals surface area contributed by atoms with Crippen molar-refractivity contribution in [2.75, 3.05) is 58.3 Å². The van der Waals surface area contributed by atoms with Gasteiger partial charge in [0, 0.05) is 237 Å². The molecule has 756 valence electrons. The lowest BCUT2D eigenvalue weighted by Gasteiger charge is -2.13. The number of hydrogen-bond donors (Lipinski definition) is 8. The number of anilines is 8. The number of hydrogen-bond acceptors (Lipinski definition) is 21. The Morgan fingerprint density at radius 1 is 0.369 bits per heavy atom. The molecule has 16 aromatic heterocycles. The standard InChI is InChI=1S/C30H28N8O.C28H31N9O2.C27H30N8O.C26H28N8O/c1-18(2)38-22-9-6-13-36-23-16-20(30(39)34-25-12-14-37(35-25)21-7-4-3-5-8-21)11-10-19(23)15-24(36)26(22)27-28(31)32-17-33-29(27)38;1-16(2)37-19-6-5-10-36-20-13-18(28(39)32-22-9-11-35(33-22)14-23(38)34(3)4)8-7-17(20)12-21(36)24(19)25-26(29)30-15-31-27(25)37;1-4-10-33-12-9-22(32-33)31-27(36)18-8-7-17-13-21-23-19(6-5-11-34(21)20(17)14-18)35(16(2)3)26-24(23)25(28)29-15-30-26;1-14(2)34-18-6-5-9-33-19-12-17(26(35)30-21-10-15(3)32(4)31-21)8-7-16(19)11-20(33)22(18)23-24(27)28-13-29-25(23)34/h3-5,7-8,10-12,14-18H,6,9,13H2,1-2H3,(H2,31,32,33)(H,34,35,39);7-9,11-13,15-16H,5-6,10,14H2,1-4H3,(H2,29,30,31)(H,32,33,39);7-9,12-16H,4-6,10-11H2,1-3H3,(H2,28,29,30)(H,31,32,36);7-8,10-14H,5-6,9H2,1-4H3,(H2,27,28,29)(H,30,31,35). The molecular formula is C111H117N33O5. The van der Waals surface area contributed by atoms with Crippen molar-refractivity contribution in [1.29, 1.82) is 0 Å². The second-order valence-corrected chi connectivity index (χ2v) is 39.9. The van der Waals surface area contributed by atoms with E-state index in [1.807, 2.05) is 146 Å². The van der Waals surface area contributed by atoms with Crippen LogP contribution in [0.5, 0.6) is 0 Å². The van der Waals surface area contributed by atoms with Crippen LogP contribution in [0.2, 0.25) is 0 Å². The number of amides is 5. The van der Waals surface area contributed by atoms with E-state index in [0.29, 0.717) is 68.8 Å². The van der Waals surface area contributed by atoms with Crippen LogP contribution in [0.25, 0.3) is 138 Å². The quantitative estimate of drug-likeness (QED) is 0.0420. The van der Waals surface area contributed by atoms with E-state index in [9.17, 15) is 24.0 Å². The zero-order chi connectivity index (χ0) is 103. The summed E-state index contributed by atoms with van der Waals surface area (Å²) < 4.78 is 25.2. The maximum absolute atomic E-state index is 13.3. The highest BCUT2D eigenvalue weighted by atomic mass is 16.2. The molecule has 5 aromatic carbocycles. The van der Waals surface area contributed by atoms with Gasteiger partial charge >= 0.3 is 0 Å². The van der Waals surface area contributed by atoms with Crippen LogP contribution in [0.1, 0.15) is 188 Å². The van der Waals surface area contributed by atoms with Crippen LogP contribution in [0.4, 0.5) is 46.5 Å². The van der Waals surface area contributed by atoms with Crippen molar-refractivity contribution in [2.24, 2.45) is 7.05 Å². The summed E-state index contributed by atoms with van der Waals surface area (Å²) in [6.07, 6.45) is 20.1. The molecule has 20 heterocycles. The van der Waals surface area contributed by atoms with E-state index in [1.165, 1.54) is 38.7 Å². The first-order valence-electron chi connectivity index (χ1n) is 50.7. The molecular weight excluding hydrogens is 1880 g/mol. The fraction of sp³-hybridized carbons (Fsp3) is 0.288. The summed E-state index contributed by atoms with van der Waals surface area (Å²) >= 11 is 0. The SMILES string of the molecule is CC(C)n1c2c(c3c(N)ncnc31)-c1cc3ccc(C(=O)Nc4ccn(-c5ccccc5)n4)cc3n1CCC2.CC(C)n1c2c(c3c(N)ncnc31)-c1cc3ccc(C(=O)Nc4ccn(CC(=O)N(C)C)n4)cc3n1CCC2.CCCn1ccc(NC(=O)c2ccc3cc4n(c3c2)CCCc2c-4c3c(N)ncnc3n2C(C)C)n1.Cc1cc(NC(=O)c2ccc3cc4n(c3c2)CCCc2c-4c3c(N)ncnc3n2C(C)C)nn1C. The van der Waals surface area contributed by atoms with Gasteiger partial charge in [-0.3, -0.25) is 38.0 Å². The molecule has 5 amide bonds. The van der Waals surface area contributed by atoms with Crippen molar-refractivity contribution < 1.29 is 24.0 Å². The molecule has 0 aliphatic carbocycles. The Labute approximate surface area is 856 Å². The first-order chi connectivity index (χ1) is 72.0. The van der Waals surface area contributed by atoms with E-state index < -0.39 is 0 Å². The van der Waals surface area contributed by atoms with Crippen molar-refractivity contribution in [1.82, 2.24) is 120 Å². The third-order valence-corrected chi connectivity index (χ3v) is 28.8. The predicted octanol–water partition coefficient (Wildman–Crippen LogP) is 18.8. The third-order valence-electron chi connectivity index (χ3n) is 28.8. The number of aromatic nitrogens is 24. The van der Waals surface area contributed by atoms with E-state index in [1.54, 1.807) is 60.8 Å². The Balaban J connectivity index is 0.000000113. The average Bonchev–Trinajstić information content (AvgIpc) is 1.58. The maximum Gasteiger partial charge on any atom is 0.256 e. The highest BCUT2D eigenvalue weighted by molar-refractivity contribution is 6.13. The van der Waals surface area contributed by atoms with Gasteiger partial charge in [0.25, 0.3) is 23.6 Å². The van der Waals surface area contributed by atoms with E-state index in [-0.39, 0.29) is 60.2 Å². The van der Waals surface area contributed by atoms with Crippen LogP contribution < -0.4 is 44.2 Å². The van der Waals surface area contributed by atoms with Gasteiger partial charge in [-0.25, -0.2) is 44.6 Å². The van der Waals surface area contributed by atoms with Crippen molar-refractivity contribution in [2.45, 2.75) is 190 Å². The van der Waals surface area contributed by atoms with Gasteiger partial charge in [-0.05, 0) is 205 Å². The molecule has 0 radical (unpaired) electrons. The maximum atomic E-state index is 13.3. The number of nitrogens with zero attached hydrogens (tertiary/aromatic N) is 25. The Bertz CT molecular complexity index is 8910. The number of carbonyl (C=O) groups excluding carboxylic acids is 5. The molecule has 0 fully saturated rings. The second-order valence-electron chi connectivity index (χ2n) is 39.9. The van der Waals surface area contributed by atoms with Crippen LogP contribution in [0.15, 0.2) is 196 Å². The molecule has 4 aliphatic rings. The molecule has 25 rings (SSSR count). The summed E-state index contributed by atoms with van der Waals surface area (Å²) in [5.74, 6) is 3.06. The number of aryl methyl sites for hydroxylation is 7. The van der Waals surface area contributed by atoms with Gasteiger partial charge in [0.15, 0.2) is 23.3 Å². The molecule has 149 heavy (non-hydrogen) atoms. The summed E-state index contributed by atoms with van der Waals surface area (Å²) in [5.41, 5.74) is 51.1. The fourth-order valence-electron chi connectivity index (χ4n) is 22.2. The fourth-order valence-corrected chi connectivity index (χ4v) is 22.2. The number of nitrogens with one attached hydrogen (secondary N) is 4. The van der Waals surface area contributed by atoms with Crippen molar-refractivity contribution in [3.8, 4) is 50.7 Å². The summed E-state index contributed by atoms with van der Waals surface area (Å²) in [6.45, 7) is 25.7. The Kier molecular flexibility index (Phi) is 24.8. The van der Waals surface area contributed by atoms with Gasteiger partial charge in [-0.1, -0.05) is 49.4 Å². The average molecular weight is 1990 g/mol. The van der Waals surface area contributed by atoms with E-state index >= 15 is 0 Å². The third kappa shape index (κ3) is 17.2. The van der Waals surface area contributed by atoms with Crippen LogP contribution in [-0.2, 0) is 76.8 Å². The van der Waals surface area contributed by atoms with Crippen LogP contribution in [0, 0.1) is 6.92 Å². The molecule has 0 spiro atoms. The summed E-state index contributed by atoms with van der Waals surface area (Å²) in [4.78, 5) is 102.